The summed E-state index contributed by atoms with van der Waals surface area (Å²) in [6, 6.07) is 24.7. The van der Waals surface area contributed by atoms with E-state index < -0.39 is 0 Å². The summed E-state index contributed by atoms with van der Waals surface area (Å²) in [6.07, 6.45) is 0. The van der Waals surface area contributed by atoms with Gasteiger partial charge in [-0.15, -0.1) is 0 Å². The first-order valence-electron chi connectivity index (χ1n) is 9.46. The molecule has 0 aliphatic carbocycles. The quantitative estimate of drug-likeness (QED) is 0.640. The molecule has 3 aromatic rings. The minimum Gasteiger partial charge on any atom is -0.465 e. The van der Waals surface area contributed by atoms with Crippen LogP contribution in [-0.2, 0) is 11.3 Å². The highest BCUT2D eigenvalue weighted by Crippen LogP contribution is 2.37. The lowest BCUT2D eigenvalue weighted by molar-refractivity contribution is 0.0599. The minimum absolute atomic E-state index is 0.0209. The summed E-state index contributed by atoms with van der Waals surface area (Å²) < 4.78 is 5.04. The lowest BCUT2D eigenvalue weighted by Gasteiger charge is -2.19. The van der Waals surface area contributed by atoms with E-state index in [9.17, 15) is 10.1 Å². The molecule has 1 aliphatic rings. The molecular weight excluding hydrogens is 348 g/mol. The van der Waals surface area contributed by atoms with Gasteiger partial charge in [0.05, 0.1) is 24.7 Å². The maximum absolute atomic E-state index is 12.5. The number of fused-ring (bicyclic) bond motifs is 1. The molecule has 2 atom stereocenters. The van der Waals surface area contributed by atoms with Crippen LogP contribution < -0.4 is 0 Å². The van der Waals surface area contributed by atoms with Gasteiger partial charge in [-0.05, 0) is 34.0 Å². The monoisotopic (exact) mass is 370 g/mol. The smallest absolute Gasteiger partial charge is 0.338 e. The van der Waals surface area contributed by atoms with Crippen molar-refractivity contribution in [1.82, 2.24) is 4.90 Å². The predicted octanol–water partition coefficient (Wildman–Crippen LogP) is 4.37. The second-order valence-corrected chi connectivity index (χ2v) is 7.30. The summed E-state index contributed by atoms with van der Waals surface area (Å²) in [7, 11) is 1.40. The summed E-state index contributed by atoms with van der Waals surface area (Å²) in [5.41, 5.74) is 2.70. The number of rotatable bonds is 4. The van der Waals surface area contributed by atoms with Gasteiger partial charge < -0.3 is 4.74 Å². The van der Waals surface area contributed by atoms with Crippen LogP contribution in [0.3, 0.4) is 0 Å². The van der Waals surface area contributed by atoms with Crippen molar-refractivity contribution in [2.45, 2.75) is 12.5 Å². The van der Waals surface area contributed by atoms with E-state index in [1.54, 1.807) is 0 Å². The summed E-state index contributed by atoms with van der Waals surface area (Å²) in [6.45, 7) is 2.25. The molecule has 1 fully saturated rings. The van der Waals surface area contributed by atoms with Crippen LogP contribution in [0.2, 0.25) is 0 Å². The Bertz CT molecular complexity index is 1040. The van der Waals surface area contributed by atoms with Crippen LogP contribution in [0.4, 0.5) is 0 Å². The molecule has 4 heteroatoms. The molecule has 28 heavy (non-hydrogen) atoms. The van der Waals surface area contributed by atoms with Gasteiger partial charge in [0.15, 0.2) is 0 Å². The third kappa shape index (κ3) is 3.49. The maximum Gasteiger partial charge on any atom is 0.338 e. The molecule has 0 amide bonds. The van der Waals surface area contributed by atoms with Crippen LogP contribution in [0.15, 0.2) is 66.7 Å². The standard InChI is InChI=1S/C24H22N2O2/c1-28-24(27)22-12-19-10-6-5-9-18(19)11-21(22)23-16-26(15-20(23)13-25)14-17-7-3-2-4-8-17/h2-12,20,23H,14-16H2,1H3/t20-,23-/m0/s1. The number of esters is 1. The number of benzene rings is 3. The van der Waals surface area contributed by atoms with E-state index in [2.05, 4.69) is 29.2 Å². The van der Waals surface area contributed by atoms with E-state index in [1.807, 2.05) is 48.5 Å². The van der Waals surface area contributed by atoms with Crippen LogP contribution in [0.1, 0.15) is 27.4 Å². The zero-order valence-corrected chi connectivity index (χ0v) is 15.8. The molecule has 0 aromatic heterocycles. The number of carbonyl (C=O) groups excluding carboxylic acids is 1. The maximum atomic E-state index is 12.5. The van der Waals surface area contributed by atoms with Crippen LogP contribution in [0.5, 0.6) is 0 Å². The number of carbonyl (C=O) groups is 1. The Morgan fingerprint density at radius 3 is 2.43 bits per heavy atom. The number of nitrogens with zero attached hydrogens (tertiary/aromatic N) is 2. The second kappa shape index (κ2) is 7.84. The summed E-state index contributed by atoms with van der Waals surface area (Å²) >= 11 is 0. The Morgan fingerprint density at radius 2 is 1.75 bits per heavy atom. The molecular formula is C24H22N2O2. The molecule has 0 bridgehead atoms. The Balaban J connectivity index is 1.71. The first-order chi connectivity index (χ1) is 13.7. The largest absolute Gasteiger partial charge is 0.465 e. The Morgan fingerprint density at radius 1 is 1.07 bits per heavy atom. The number of hydrogen-bond acceptors (Lipinski definition) is 4. The number of likely N-dealkylation sites (tertiary alicyclic amines) is 1. The van der Waals surface area contributed by atoms with Gasteiger partial charge in [0.2, 0.25) is 0 Å². The molecule has 140 valence electrons. The molecule has 0 unspecified atom stereocenters. The van der Waals surface area contributed by atoms with Gasteiger partial charge in [-0.3, -0.25) is 4.90 Å². The summed E-state index contributed by atoms with van der Waals surface area (Å²) in [5, 5.41) is 11.9. The van der Waals surface area contributed by atoms with Crippen LogP contribution in [-0.4, -0.2) is 31.1 Å². The average molecular weight is 370 g/mol. The highest BCUT2D eigenvalue weighted by atomic mass is 16.5. The fraction of sp³-hybridized carbons (Fsp3) is 0.250. The predicted molar refractivity (Wildman–Crippen MR) is 109 cm³/mol. The number of methoxy groups -OCH3 is 1. The Hall–Kier alpha value is -3.16. The number of hydrogen-bond donors (Lipinski definition) is 0. The molecule has 1 heterocycles. The molecule has 4 rings (SSSR count). The van der Waals surface area contributed by atoms with Gasteiger partial charge in [-0.2, -0.15) is 5.26 Å². The van der Waals surface area contributed by atoms with E-state index >= 15 is 0 Å². The van der Waals surface area contributed by atoms with Gasteiger partial charge in [0.1, 0.15) is 0 Å². The zero-order chi connectivity index (χ0) is 19.5. The molecule has 3 aromatic carbocycles. The molecule has 4 nitrogen and oxygen atoms in total. The van der Waals surface area contributed by atoms with Crippen molar-refractivity contribution in [3.8, 4) is 6.07 Å². The summed E-state index contributed by atoms with van der Waals surface area (Å²) in [5.74, 6) is -0.528. The van der Waals surface area contributed by atoms with E-state index in [1.165, 1.54) is 12.7 Å². The minimum atomic E-state index is -0.348. The van der Waals surface area contributed by atoms with Crippen molar-refractivity contribution >= 4 is 16.7 Å². The van der Waals surface area contributed by atoms with Crippen molar-refractivity contribution in [3.05, 3.63) is 83.4 Å². The molecule has 0 N–H and O–H groups in total. The van der Waals surface area contributed by atoms with E-state index in [0.717, 1.165) is 29.4 Å². The van der Waals surface area contributed by atoms with E-state index in [-0.39, 0.29) is 17.8 Å². The first kappa shape index (κ1) is 18.2. The Kier molecular flexibility index (Phi) is 5.10. The normalized spacial score (nSPS) is 19.4. The van der Waals surface area contributed by atoms with Crippen molar-refractivity contribution in [2.24, 2.45) is 5.92 Å². The SMILES string of the molecule is COC(=O)c1cc2ccccc2cc1[C@H]1CN(Cc2ccccc2)C[C@@H]1C#N. The van der Waals surface area contributed by atoms with Gasteiger partial charge in [0.25, 0.3) is 0 Å². The van der Waals surface area contributed by atoms with Crippen molar-refractivity contribution in [3.63, 3.8) is 0 Å². The second-order valence-electron chi connectivity index (χ2n) is 7.30. The van der Waals surface area contributed by atoms with Crippen molar-refractivity contribution in [2.75, 3.05) is 20.2 Å². The number of ether oxygens (including phenoxy) is 1. The van der Waals surface area contributed by atoms with Crippen LogP contribution >= 0.6 is 0 Å². The van der Waals surface area contributed by atoms with Crippen LogP contribution in [0.25, 0.3) is 10.8 Å². The van der Waals surface area contributed by atoms with Crippen LogP contribution in [0, 0.1) is 17.2 Å². The Labute approximate surface area is 165 Å². The van der Waals surface area contributed by atoms with Gasteiger partial charge in [-0.25, -0.2) is 4.79 Å². The highest BCUT2D eigenvalue weighted by molar-refractivity contribution is 5.97. The number of nitriles is 1. The van der Waals surface area contributed by atoms with E-state index in [4.69, 9.17) is 4.74 Å². The molecule has 0 radical (unpaired) electrons. The van der Waals surface area contributed by atoms with Crippen molar-refractivity contribution < 1.29 is 9.53 Å². The molecule has 0 spiro atoms. The van der Waals surface area contributed by atoms with Gasteiger partial charge >= 0.3 is 5.97 Å². The molecule has 1 aliphatic heterocycles. The third-order valence-corrected chi connectivity index (χ3v) is 5.53. The lowest BCUT2D eigenvalue weighted by atomic mass is 9.85. The summed E-state index contributed by atoms with van der Waals surface area (Å²) in [4.78, 5) is 14.8. The van der Waals surface area contributed by atoms with E-state index in [0.29, 0.717) is 12.1 Å². The van der Waals surface area contributed by atoms with Gasteiger partial charge in [-0.1, -0.05) is 54.6 Å². The first-order valence-corrected chi connectivity index (χ1v) is 9.46. The average Bonchev–Trinajstić information content (AvgIpc) is 3.15. The fourth-order valence-corrected chi connectivity index (χ4v) is 4.15. The van der Waals surface area contributed by atoms with Crippen molar-refractivity contribution in [1.29, 1.82) is 5.26 Å². The molecule has 1 saturated heterocycles. The van der Waals surface area contributed by atoms with Gasteiger partial charge in [0, 0.05) is 25.6 Å². The topological polar surface area (TPSA) is 53.3 Å². The zero-order valence-electron chi connectivity index (χ0n) is 15.8. The lowest BCUT2D eigenvalue weighted by Crippen LogP contribution is -2.20. The fourth-order valence-electron chi connectivity index (χ4n) is 4.15. The third-order valence-electron chi connectivity index (χ3n) is 5.53. The highest BCUT2D eigenvalue weighted by Gasteiger charge is 2.36. The molecule has 0 saturated carbocycles.